The highest BCUT2D eigenvalue weighted by atomic mass is 79.9. The van der Waals surface area contributed by atoms with Crippen molar-refractivity contribution in [3.05, 3.63) is 70.3 Å². The molecule has 0 aliphatic heterocycles. The summed E-state index contributed by atoms with van der Waals surface area (Å²) < 4.78 is 11.6. The van der Waals surface area contributed by atoms with Crippen LogP contribution in [0.25, 0.3) is 6.08 Å². The van der Waals surface area contributed by atoms with E-state index in [4.69, 9.17) is 9.47 Å². The van der Waals surface area contributed by atoms with Gasteiger partial charge in [0.2, 0.25) is 5.91 Å². The van der Waals surface area contributed by atoms with E-state index in [1.54, 1.807) is 6.08 Å². The molecule has 6 heteroatoms. The number of halogens is 1. The van der Waals surface area contributed by atoms with Gasteiger partial charge in [-0.3, -0.25) is 4.79 Å². The minimum atomic E-state index is -0.614. The third kappa shape index (κ3) is 6.81. The van der Waals surface area contributed by atoms with E-state index in [0.717, 1.165) is 10.0 Å². The Kier molecular flexibility index (Phi) is 7.22. The SMILES string of the molecule is CC(=O)N/C(=C/c1ccccc1)C(=O)OCCOc1cccc(Br)c1. The lowest BCUT2D eigenvalue weighted by atomic mass is 10.2. The van der Waals surface area contributed by atoms with E-state index in [1.807, 2.05) is 54.6 Å². The quantitative estimate of drug-likeness (QED) is 0.436. The normalized spacial score (nSPS) is 10.9. The van der Waals surface area contributed by atoms with Crippen LogP contribution in [0.2, 0.25) is 0 Å². The first-order chi connectivity index (χ1) is 12.0. The van der Waals surface area contributed by atoms with Crippen LogP contribution < -0.4 is 10.1 Å². The first-order valence-electron chi connectivity index (χ1n) is 7.64. The molecule has 2 aromatic rings. The first-order valence-corrected chi connectivity index (χ1v) is 8.44. The molecule has 0 bridgehead atoms. The molecule has 2 rings (SSSR count). The molecule has 0 aliphatic carbocycles. The van der Waals surface area contributed by atoms with Crippen molar-refractivity contribution in [1.82, 2.24) is 5.32 Å². The predicted octanol–water partition coefficient (Wildman–Crippen LogP) is 3.55. The number of amides is 1. The van der Waals surface area contributed by atoms with Crippen LogP contribution in [-0.4, -0.2) is 25.1 Å². The summed E-state index contributed by atoms with van der Waals surface area (Å²) in [6.07, 6.45) is 1.57. The number of ether oxygens (including phenoxy) is 2. The maximum atomic E-state index is 12.2. The van der Waals surface area contributed by atoms with Gasteiger partial charge in [-0.2, -0.15) is 0 Å². The van der Waals surface area contributed by atoms with E-state index < -0.39 is 5.97 Å². The molecular weight excluding hydrogens is 386 g/mol. The summed E-state index contributed by atoms with van der Waals surface area (Å²) in [5.41, 5.74) is 0.870. The summed E-state index contributed by atoms with van der Waals surface area (Å²) in [6.45, 7) is 1.61. The molecule has 0 aromatic heterocycles. The van der Waals surface area contributed by atoms with Crippen molar-refractivity contribution in [1.29, 1.82) is 0 Å². The van der Waals surface area contributed by atoms with Crippen LogP contribution in [0.1, 0.15) is 12.5 Å². The van der Waals surface area contributed by atoms with Gasteiger partial charge in [0.25, 0.3) is 0 Å². The van der Waals surface area contributed by atoms with E-state index in [2.05, 4.69) is 21.2 Å². The Morgan fingerprint density at radius 1 is 1.08 bits per heavy atom. The Balaban J connectivity index is 1.91. The highest BCUT2D eigenvalue weighted by Crippen LogP contribution is 2.17. The third-order valence-corrected chi connectivity index (χ3v) is 3.52. The molecule has 0 spiro atoms. The summed E-state index contributed by atoms with van der Waals surface area (Å²) in [6, 6.07) is 16.6. The molecule has 0 saturated carbocycles. The van der Waals surface area contributed by atoms with E-state index in [-0.39, 0.29) is 24.8 Å². The molecule has 25 heavy (non-hydrogen) atoms. The van der Waals surface area contributed by atoms with Crippen LogP contribution in [-0.2, 0) is 14.3 Å². The molecule has 1 N–H and O–H groups in total. The fourth-order valence-electron chi connectivity index (χ4n) is 1.98. The number of hydrogen-bond acceptors (Lipinski definition) is 4. The number of nitrogens with one attached hydrogen (secondary N) is 1. The molecule has 0 saturated heterocycles. The highest BCUT2D eigenvalue weighted by molar-refractivity contribution is 9.10. The van der Waals surface area contributed by atoms with Gasteiger partial charge in [-0.15, -0.1) is 0 Å². The average molecular weight is 404 g/mol. The average Bonchev–Trinajstić information content (AvgIpc) is 2.58. The van der Waals surface area contributed by atoms with Crippen molar-refractivity contribution in [3.8, 4) is 5.75 Å². The Labute approximate surface area is 154 Å². The van der Waals surface area contributed by atoms with Crippen LogP contribution in [0.3, 0.4) is 0 Å². The van der Waals surface area contributed by atoms with Gasteiger partial charge in [0.05, 0.1) is 0 Å². The van der Waals surface area contributed by atoms with Crippen molar-refractivity contribution in [2.24, 2.45) is 0 Å². The minimum absolute atomic E-state index is 0.0665. The van der Waals surface area contributed by atoms with Gasteiger partial charge >= 0.3 is 5.97 Å². The van der Waals surface area contributed by atoms with Crippen molar-refractivity contribution >= 4 is 33.9 Å². The second-order valence-electron chi connectivity index (χ2n) is 5.09. The Hall–Kier alpha value is -2.60. The van der Waals surface area contributed by atoms with Gasteiger partial charge in [0, 0.05) is 11.4 Å². The van der Waals surface area contributed by atoms with Gasteiger partial charge in [-0.25, -0.2) is 4.79 Å². The molecule has 0 heterocycles. The van der Waals surface area contributed by atoms with Crippen LogP contribution in [0.15, 0.2) is 64.8 Å². The summed E-state index contributed by atoms with van der Waals surface area (Å²) in [5.74, 6) is -0.284. The summed E-state index contributed by atoms with van der Waals surface area (Å²) in [5, 5.41) is 2.49. The summed E-state index contributed by atoms with van der Waals surface area (Å²) >= 11 is 3.35. The van der Waals surface area contributed by atoms with Gasteiger partial charge < -0.3 is 14.8 Å². The molecule has 0 aliphatic rings. The third-order valence-electron chi connectivity index (χ3n) is 3.02. The number of carbonyl (C=O) groups is 2. The number of benzene rings is 2. The fourth-order valence-corrected chi connectivity index (χ4v) is 2.36. The van der Waals surface area contributed by atoms with E-state index >= 15 is 0 Å². The molecular formula is C19H18BrNO4. The molecule has 0 unspecified atom stereocenters. The van der Waals surface area contributed by atoms with Crippen molar-refractivity contribution < 1.29 is 19.1 Å². The standard InChI is InChI=1S/C19H18BrNO4/c1-14(22)21-18(12-15-6-3-2-4-7-15)19(23)25-11-10-24-17-9-5-8-16(20)13-17/h2-9,12-13H,10-11H2,1H3,(H,21,22)/b18-12+. The Morgan fingerprint density at radius 2 is 1.84 bits per heavy atom. The second-order valence-corrected chi connectivity index (χ2v) is 6.01. The van der Waals surface area contributed by atoms with Crippen LogP contribution in [0.4, 0.5) is 0 Å². The van der Waals surface area contributed by atoms with Gasteiger partial charge in [0.1, 0.15) is 24.7 Å². The van der Waals surface area contributed by atoms with Gasteiger partial charge in [-0.05, 0) is 29.8 Å². The van der Waals surface area contributed by atoms with Crippen LogP contribution in [0.5, 0.6) is 5.75 Å². The monoisotopic (exact) mass is 403 g/mol. The highest BCUT2D eigenvalue weighted by Gasteiger charge is 2.12. The topological polar surface area (TPSA) is 64.6 Å². The van der Waals surface area contributed by atoms with Crippen LogP contribution in [0, 0.1) is 0 Å². The van der Waals surface area contributed by atoms with Crippen LogP contribution >= 0.6 is 15.9 Å². The summed E-state index contributed by atoms with van der Waals surface area (Å²) in [4.78, 5) is 23.5. The lowest BCUT2D eigenvalue weighted by Gasteiger charge is -2.10. The molecule has 130 valence electrons. The Morgan fingerprint density at radius 3 is 2.52 bits per heavy atom. The Bertz CT molecular complexity index is 759. The zero-order valence-electron chi connectivity index (χ0n) is 13.7. The summed E-state index contributed by atoms with van der Waals surface area (Å²) in [7, 11) is 0. The second kappa shape index (κ2) is 9.64. The van der Waals surface area contributed by atoms with Crippen molar-refractivity contribution in [3.63, 3.8) is 0 Å². The number of carbonyl (C=O) groups excluding carboxylic acids is 2. The molecule has 5 nitrogen and oxygen atoms in total. The zero-order chi connectivity index (χ0) is 18.1. The lowest BCUT2D eigenvalue weighted by molar-refractivity contribution is -0.141. The molecule has 0 atom stereocenters. The molecule has 0 fully saturated rings. The van der Waals surface area contributed by atoms with E-state index in [0.29, 0.717) is 5.75 Å². The first kappa shape index (κ1) is 18.7. The lowest BCUT2D eigenvalue weighted by Crippen LogP contribution is -2.27. The maximum Gasteiger partial charge on any atom is 0.354 e. The number of esters is 1. The van der Waals surface area contributed by atoms with Crippen molar-refractivity contribution in [2.45, 2.75) is 6.92 Å². The predicted molar refractivity (Wildman–Crippen MR) is 98.8 cm³/mol. The maximum absolute atomic E-state index is 12.2. The largest absolute Gasteiger partial charge is 0.490 e. The van der Waals surface area contributed by atoms with Gasteiger partial charge in [0.15, 0.2) is 0 Å². The number of rotatable bonds is 7. The minimum Gasteiger partial charge on any atom is -0.490 e. The molecule has 0 radical (unpaired) electrons. The van der Waals surface area contributed by atoms with E-state index in [1.165, 1.54) is 6.92 Å². The smallest absolute Gasteiger partial charge is 0.354 e. The fraction of sp³-hybridized carbons (Fsp3) is 0.158. The zero-order valence-corrected chi connectivity index (χ0v) is 15.3. The van der Waals surface area contributed by atoms with E-state index in [9.17, 15) is 9.59 Å². The van der Waals surface area contributed by atoms with Crippen molar-refractivity contribution in [2.75, 3.05) is 13.2 Å². The van der Waals surface area contributed by atoms with Gasteiger partial charge in [-0.1, -0.05) is 52.3 Å². The molecule has 1 amide bonds. The molecule has 2 aromatic carbocycles. The number of hydrogen-bond donors (Lipinski definition) is 1.